The second-order valence-electron chi connectivity index (χ2n) is 8.59. The highest BCUT2D eigenvalue weighted by Crippen LogP contribution is 2.53. The Morgan fingerprint density at radius 2 is 1.77 bits per heavy atom. The van der Waals surface area contributed by atoms with Gasteiger partial charge in [0.05, 0.1) is 0 Å². The lowest BCUT2D eigenvalue weighted by Crippen LogP contribution is -2.45. The molecule has 0 amide bonds. The van der Waals surface area contributed by atoms with Gasteiger partial charge in [-0.15, -0.1) is 0 Å². The lowest BCUT2D eigenvalue weighted by Gasteiger charge is -2.48. The van der Waals surface area contributed by atoms with Gasteiger partial charge in [-0.3, -0.25) is 0 Å². The van der Waals surface area contributed by atoms with Crippen molar-refractivity contribution in [2.45, 2.75) is 70.8 Å². The van der Waals surface area contributed by atoms with Crippen molar-refractivity contribution in [3.05, 3.63) is 22.8 Å². The van der Waals surface area contributed by atoms with Crippen molar-refractivity contribution in [3.63, 3.8) is 0 Å². The van der Waals surface area contributed by atoms with Gasteiger partial charge in [0.1, 0.15) is 5.75 Å². The van der Waals surface area contributed by atoms with Crippen LogP contribution in [-0.4, -0.2) is 24.2 Å². The highest BCUT2D eigenvalue weighted by molar-refractivity contribution is 5.73. The Morgan fingerprint density at radius 3 is 2.36 bits per heavy atom. The Hall–Kier alpha value is -1.22. The van der Waals surface area contributed by atoms with E-state index in [4.69, 9.17) is 5.73 Å². The van der Waals surface area contributed by atoms with Crippen molar-refractivity contribution >= 4 is 5.69 Å². The van der Waals surface area contributed by atoms with Gasteiger partial charge in [0, 0.05) is 30.4 Å². The molecule has 1 unspecified atom stereocenters. The van der Waals surface area contributed by atoms with E-state index in [-0.39, 0.29) is 16.9 Å². The maximum Gasteiger partial charge on any atom is 0.124 e. The summed E-state index contributed by atoms with van der Waals surface area (Å²) in [6.45, 7) is 13.4. The number of nitrogens with zero attached hydrogens (tertiary/aromatic N) is 1. The molecule has 1 aromatic carbocycles. The first-order valence-corrected chi connectivity index (χ1v) is 8.54. The molecule has 1 aromatic rings. The molecule has 0 saturated heterocycles. The van der Waals surface area contributed by atoms with E-state index in [0.717, 1.165) is 37.1 Å². The fraction of sp³-hybridized carbons (Fsp3) is 0.684. The van der Waals surface area contributed by atoms with Crippen molar-refractivity contribution in [1.82, 2.24) is 0 Å². The molecule has 3 heteroatoms. The van der Waals surface area contributed by atoms with E-state index in [2.05, 4.69) is 38.7 Å². The summed E-state index contributed by atoms with van der Waals surface area (Å²) in [5.74, 6) is 0.489. The third kappa shape index (κ3) is 2.30. The normalized spacial score (nSPS) is 23.1. The number of phenols is 1. The topological polar surface area (TPSA) is 49.5 Å². The van der Waals surface area contributed by atoms with Crippen molar-refractivity contribution in [2.75, 3.05) is 18.0 Å². The summed E-state index contributed by atoms with van der Waals surface area (Å²) in [4.78, 5) is 2.48. The number of hydrogen-bond acceptors (Lipinski definition) is 3. The fourth-order valence-corrected chi connectivity index (χ4v) is 4.13. The van der Waals surface area contributed by atoms with Crippen molar-refractivity contribution in [2.24, 2.45) is 5.73 Å². The third-order valence-corrected chi connectivity index (χ3v) is 5.63. The zero-order valence-electron chi connectivity index (χ0n) is 14.7. The molecular formula is C19H30N2O. The molecule has 3 nitrogen and oxygen atoms in total. The number of benzene rings is 1. The second kappa shape index (κ2) is 4.89. The van der Waals surface area contributed by atoms with Crippen LogP contribution >= 0.6 is 0 Å². The summed E-state index contributed by atoms with van der Waals surface area (Å²) in [5.41, 5.74) is 11.1. The van der Waals surface area contributed by atoms with Crippen LogP contribution in [0, 0.1) is 0 Å². The first-order valence-electron chi connectivity index (χ1n) is 8.54. The van der Waals surface area contributed by atoms with Crippen LogP contribution in [0.1, 0.15) is 64.2 Å². The molecule has 0 aliphatic carbocycles. The maximum absolute atomic E-state index is 11.0. The highest BCUT2D eigenvalue weighted by Gasteiger charge is 2.42. The minimum atomic E-state index is 0.0198. The Kier molecular flexibility index (Phi) is 3.48. The fourth-order valence-electron chi connectivity index (χ4n) is 4.13. The standard InChI is InChI=1S/C19H30N2O/c1-12(20)10-13-11-14-16-15(17(13)22)19(4,5)7-9-21(16)8-6-18(14,2)3/h11-12,22H,6-10,20H2,1-5H3. The molecule has 0 fully saturated rings. The maximum atomic E-state index is 11.0. The molecule has 0 spiro atoms. The number of hydrogen-bond donors (Lipinski definition) is 2. The number of phenolic OH excluding ortho intramolecular Hbond substituents is 1. The molecule has 0 saturated carbocycles. The van der Waals surface area contributed by atoms with Gasteiger partial charge < -0.3 is 15.7 Å². The van der Waals surface area contributed by atoms with Crippen molar-refractivity contribution in [1.29, 1.82) is 0 Å². The summed E-state index contributed by atoms with van der Waals surface area (Å²) in [7, 11) is 0. The monoisotopic (exact) mass is 302 g/mol. The lowest BCUT2D eigenvalue weighted by atomic mass is 9.68. The first kappa shape index (κ1) is 15.7. The van der Waals surface area contributed by atoms with Gasteiger partial charge in [0.2, 0.25) is 0 Å². The van der Waals surface area contributed by atoms with Crippen LogP contribution in [0.3, 0.4) is 0 Å². The Bertz CT molecular complexity index is 600. The van der Waals surface area contributed by atoms with Crippen LogP contribution in [0.2, 0.25) is 0 Å². The van der Waals surface area contributed by atoms with Gasteiger partial charge in [-0.05, 0) is 54.2 Å². The quantitative estimate of drug-likeness (QED) is 0.879. The largest absolute Gasteiger partial charge is 0.507 e. The molecule has 2 aliphatic heterocycles. The zero-order chi connectivity index (χ0) is 16.3. The molecule has 2 aliphatic rings. The van der Waals surface area contributed by atoms with E-state index < -0.39 is 0 Å². The number of anilines is 1. The van der Waals surface area contributed by atoms with Gasteiger partial charge in [-0.2, -0.15) is 0 Å². The number of nitrogens with two attached hydrogens (primary N) is 1. The molecule has 0 bridgehead atoms. The van der Waals surface area contributed by atoms with Gasteiger partial charge in [-0.25, -0.2) is 0 Å². The molecule has 2 heterocycles. The number of rotatable bonds is 2. The average Bonchev–Trinajstić information content (AvgIpc) is 2.38. The molecule has 0 radical (unpaired) electrons. The smallest absolute Gasteiger partial charge is 0.124 e. The van der Waals surface area contributed by atoms with Gasteiger partial charge in [0.15, 0.2) is 0 Å². The molecule has 3 rings (SSSR count). The Labute approximate surface area is 134 Å². The van der Waals surface area contributed by atoms with Gasteiger partial charge in [-0.1, -0.05) is 27.7 Å². The predicted octanol–water partition coefficient (Wildman–Crippen LogP) is 3.45. The first-order chi connectivity index (χ1) is 10.1. The molecular weight excluding hydrogens is 272 g/mol. The third-order valence-electron chi connectivity index (χ3n) is 5.63. The van der Waals surface area contributed by atoms with Crippen molar-refractivity contribution < 1.29 is 5.11 Å². The molecule has 0 aromatic heterocycles. The van der Waals surface area contributed by atoms with Crippen LogP contribution in [0.4, 0.5) is 5.69 Å². The summed E-state index contributed by atoms with van der Waals surface area (Å²) in [6, 6.07) is 2.29. The van der Waals surface area contributed by atoms with E-state index in [1.54, 1.807) is 0 Å². The van der Waals surface area contributed by atoms with Crippen LogP contribution in [0.15, 0.2) is 6.07 Å². The zero-order valence-corrected chi connectivity index (χ0v) is 14.7. The van der Waals surface area contributed by atoms with E-state index in [1.165, 1.54) is 17.7 Å². The van der Waals surface area contributed by atoms with E-state index >= 15 is 0 Å². The van der Waals surface area contributed by atoms with Crippen LogP contribution < -0.4 is 10.6 Å². The summed E-state index contributed by atoms with van der Waals surface area (Å²) in [6.07, 6.45) is 3.00. The minimum absolute atomic E-state index is 0.0198. The lowest BCUT2D eigenvalue weighted by molar-refractivity contribution is 0.375. The summed E-state index contributed by atoms with van der Waals surface area (Å²) >= 11 is 0. The number of aromatic hydroxyl groups is 1. The van der Waals surface area contributed by atoms with Crippen molar-refractivity contribution in [3.8, 4) is 5.75 Å². The summed E-state index contributed by atoms with van der Waals surface area (Å²) < 4.78 is 0. The molecule has 1 atom stereocenters. The average molecular weight is 302 g/mol. The second-order valence-corrected chi connectivity index (χ2v) is 8.59. The highest BCUT2D eigenvalue weighted by atomic mass is 16.3. The van der Waals surface area contributed by atoms with E-state index in [1.807, 2.05) is 6.92 Å². The van der Waals surface area contributed by atoms with Crippen LogP contribution in [0.25, 0.3) is 0 Å². The minimum Gasteiger partial charge on any atom is -0.507 e. The predicted molar refractivity (Wildman–Crippen MR) is 93.0 cm³/mol. The SMILES string of the molecule is CC(N)Cc1cc2c3c(c1O)C(C)(C)CCN3CCC2(C)C. The van der Waals surface area contributed by atoms with Crippen LogP contribution in [-0.2, 0) is 17.3 Å². The van der Waals surface area contributed by atoms with E-state index in [0.29, 0.717) is 5.75 Å². The molecule has 3 N–H and O–H groups in total. The Morgan fingerprint density at radius 1 is 1.18 bits per heavy atom. The molecule has 122 valence electrons. The van der Waals surface area contributed by atoms with Crippen LogP contribution in [0.5, 0.6) is 5.75 Å². The van der Waals surface area contributed by atoms with E-state index in [9.17, 15) is 5.11 Å². The van der Waals surface area contributed by atoms with Gasteiger partial charge >= 0.3 is 0 Å². The Balaban J connectivity index is 2.30. The summed E-state index contributed by atoms with van der Waals surface area (Å²) in [5, 5.41) is 11.0. The van der Waals surface area contributed by atoms with Gasteiger partial charge in [0.25, 0.3) is 0 Å². The molecule has 22 heavy (non-hydrogen) atoms.